The van der Waals surface area contributed by atoms with E-state index in [1.54, 1.807) is 11.3 Å². The molecule has 1 heterocycles. The number of thiazole rings is 1. The highest BCUT2D eigenvalue weighted by Gasteiger charge is 2.05. The molecule has 0 bridgehead atoms. The van der Waals surface area contributed by atoms with Crippen LogP contribution >= 0.6 is 11.3 Å². The lowest BCUT2D eigenvalue weighted by molar-refractivity contribution is 0.662. The smallest absolute Gasteiger partial charge is 0.0925 e. The molecule has 1 aromatic rings. The maximum atomic E-state index is 4.28. The zero-order chi connectivity index (χ0) is 8.27. The molecule has 2 nitrogen and oxygen atoms in total. The van der Waals surface area contributed by atoms with Crippen molar-refractivity contribution in [3.63, 3.8) is 0 Å². The summed E-state index contributed by atoms with van der Waals surface area (Å²) < 4.78 is 0. The largest absolute Gasteiger partial charge is 0.312 e. The fraction of sp³-hybridized carbons (Fsp3) is 0.625. The monoisotopic (exact) mass is 170 g/mol. The molecule has 0 spiro atoms. The van der Waals surface area contributed by atoms with E-state index in [-0.39, 0.29) is 0 Å². The minimum absolute atomic E-state index is 0.438. The van der Waals surface area contributed by atoms with Crippen LogP contribution in [0.3, 0.4) is 0 Å². The quantitative estimate of drug-likeness (QED) is 0.750. The molecule has 0 radical (unpaired) electrons. The van der Waals surface area contributed by atoms with E-state index in [4.69, 9.17) is 0 Å². The SMILES string of the molecule is CCc1ncc(C(C)NC)s1. The maximum Gasteiger partial charge on any atom is 0.0925 e. The van der Waals surface area contributed by atoms with Gasteiger partial charge in [-0.2, -0.15) is 0 Å². The van der Waals surface area contributed by atoms with Gasteiger partial charge in [-0.25, -0.2) is 4.98 Å². The molecule has 3 heteroatoms. The molecule has 62 valence electrons. The molecule has 11 heavy (non-hydrogen) atoms. The van der Waals surface area contributed by atoms with Gasteiger partial charge >= 0.3 is 0 Å². The molecule has 0 aliphatic heterocycles. The van der Waals surface area contributed by atoms with Crippen LogP contribution in [0.15, 0.2) is 6.20 Å². The van der Waals surface area contributed by atoms with E-state index in [9.17, 15) is 0 Å². The van der Waals surface area contributed by atoms with Gasteiger partial charge in [0.2, 0.25) is 0 Å². The number of aryl methyl sites for hydroxylation is 1. The molecule has 0 saturated carbocycles. The first-order valence-corrected chi connectivity index (χ1v) is 4.71. The lowest BCUT2D eigenvalue weighted by Gasteiger charge is -2.04. The highest BCUT2D eigenvalue weighted by Crippen LogP contribution is 2.19. The van der Waals surface area contributed by atoms with Gasteiger partial charge in [-0.15, -0.1) is 11.3 Å². The van der Waals surface area contributed by atoms with Crippen LogP contribution in [0, 0.1) is 0 Å². The summed E-state index contributed by atoms with van der Waals surface area (Å²) in [5.74, 6) is 0. The molecule has 1 unspecified atom stereocenters. The molecule has 0 aliphatic rings. The Morgan fingerprint density at radius 3 is 2.91 bits per heavy atom. The summed E-state index contributed by atoms with van der Waals surface area (Å²) in [5, 5.41) is 4.41. The van der Waals surface area contributed by atoms with E-state index >= 15 is 0 Å². The van der Waals surface area contributed by atoms with Crippen molar-refractivity contribution < 1.29 is 0 Å². The topological polar surface area (TPSA) is 24.9 Å². The molecule has 1 N–H and O–H groups in total. The van der Waals surface area contributed by atoms with Gasteiger partial charge in [-0.3, -0.25) is 0 Å². The highest BCUT2D eigenvalue weighted by atomic mass is 32.1. The number of hydrogen-bond acceptors (Lipinski definition) is 3. The molecular weight excluding hydrogens is 156 g/mol. The van der Waals surface area contributed by atoms with Crippen molar-refractivity contribution in [3.8, 4) is 0 Å². The summed E-state index contributed by atoms with van der Waals surface area (Å²) in [6.07, 6.45) is 3.01. The number of hydrogen-bond donors (Lipinski definition) is 1. The molecule has 1 atom stereocenters. The Kier molecular flexibility index (Phi) is 3.02. The fourth-order valence-corrected chi connectivity index (χ4v) is 1.75. The van der Waals surface area contributed by atoms with Gasteiger partial charge in [0.15, 0.2) is 0 Å². The Labute approximate surface area is 71.7 Å². The Balaban J connectivity index is 2.71. The van der Waals surface area contributed by atoms with Crippen LogP contribution in [0.25, 0.3) is 0 Å². The second kappa shape index (κ2) is 3.83. The van der Waals surface area contributed by atoms with Crippen LogP contribution in [0.5, 0.6) is 0 Å². The van der Waals surface area contributed by atoms with E-state index in [0.717, 1.165) is 6.42 Å². The van der Waals surface area contributed by atoms with E-state index in [0.29, 0.717) is 6.04 Å². The molecule has 0 aromatic carbocycles. The standard InChI is InChI=1S/C8H14N2S/c1-4-8-10-5-7(11-8)6(2)9-3/h5-6,9H,4H2,1-3H3. The summed E-state index contributed by atoms with van der Waals surface area (Å²) in [6.45, 7) is 4.28. The summed E-state index contributed by atoms with van der Waals surface area (Å²) in [7, 11) is 1.97. The summed E-state index contributed by atoms with van der Waals surface area (Å²) in [6, 6.07) is 0.438. The fourth-order valence-electron chi connectivity index (χ4n) is 0.830. The van der Waals surface area contributed by atoms with Gasteiger partial charge in [0.25, 0.3) is 0 Å². The second-order valence-electron chi connectivity index (χ2n) is 2.52. The molecule has 0 aliphatic carbocycles. The van der Waals surface area contributed by atoms with Gasteiger partial charge < -0.3 is 5.32 Å². The maximum absolute atomic E-state index is 4.28. The predicted molar refractivity (Wildman–Crippen MR) is 49.0 cm³/mol. The molecule has 1 aromatic heterocycles. The average Bonchev–Trinajstić information content (AvgIpc) is 2.50. The zero-order valence-electron chi connectivity index (χ0n) is 7.22. The van der Waals surface area contributed by atoms with Crippen molar-refractivity contribution in [1.82, 2.24) is 10.3 Å². The third-order valence-corrected chi connectivity index (χ3v) is 3.06. The average molecular weight is 170 g/mol. The number of aromatic nitrogens is 1. The normalized spacial score (nSPS) is 13.4. The summed E-state index contributed by atoms with van der Waals surface area (Å²) >= 11 is 1.79. The van der Waals surface area contributed by atoms with Crippen molar-refractivity contribution in [1.29, 1.82) is 0 Å². The van der Waals surface area contributed by atoms with Crippen LogP contribution in [-0.2, 0) is 6.42 Å². The predicted octanol–water partition coefficient (Wildman–Crippen LogP) is 1.99. The van der Waals surface area contributed by atoms with Crippen molar-refractivity contribution in [2.45, 2.75) is 26.3 Å². The second-order valence-corrected chi connectivity index (χ2v) is 3.67. The lowest BCUT2D eigenvalue weighted by Crippen LogP contribution is -2.10. The molecule has 0 saturated heterocycles. The van der Waals surface area contributed by atoms with E-state index in [1.807, 2.05) is 13.2 Å². The molecule has 0 amide bonds. The molecule has 1 rings (SSSR count). The Morgan fingerprint density at radius 2 is 2.45 bits per heavy atom. The first-order chi connectivity index (χ1) is 5.27. The first-order valence-electron chi connectivity index (χ1n) is 3.89. The van der Waals surface area contributed by atoms with Crippen LogP contribution < -0.4 is 5.32 Å². The number of nitrogens with zero attached hydrogens (tertiary/aromatic N) is 1. The van der Waals surface area contributed by atoms with E-state index < -0.39 is 0 Å². The molecular formula is C8H14N2S. The Bertz CT molecular complexity index is 220. The van der Waals surface area contributed by atoms with Crippen molar-refractivity contribution >= 4 is 11.3 Å². The van der Waals surface area contributed by atoms with Gasteiger partial charge in [0.05, 0.1) is 5.01 Å². The van der Waals surface area contributed by atoms with Crippen LogP contribution in [-0.4, -0.2) is 12.0 Å². The van der Waals surface area contributed by atoms with E-state index in [1.165, 1.54) is 9.88 Å². The van der Waals surface area contributed by atoms with Crippen molar-refractivity contribution in [2.75, 3.05) is 7.05 Å². The van der Waals surface area contributed by atoms with Gasteiger partial charge in [0, 0.05) is 17.1 Å². The highest BCUT2D eigenvalue weighted by molar-refractivity contribution is 7.11. The zero-order valence-corrected chi connectivity index (χ0v) is 8.03. The first kappa shape index (κ1) is 8.68. The summed E-state index contributed by atoms with van der Waals surface area (Å²) in [4.78, 5) is 5.61. The third-order valence-electron chi connectivity index (χ3n) is 1.73. The van der Waals surface area contributed by atoms with Gasteiger partial charge in [-0.05, 0) is 20.4 Å². The van der Waals surface area contributed by atoms with Gasteiger partial charge in [-0.1, -0.05) is 6.92 Å². The van der Waals surface area contributed by atoms with E-state index in [2.05, 4.69) is 24.1 Å². The Hall–Kier alpha value is -0.410. The molecule has 0 fully saturated rings. The van der Waals surface area contributed by atoms with Crippen molar-refractivity contribution in [2.24, 2.45) is 0 Å². The van der Waals surface area contributed by atoms with Crippen molar-refractivity contribution in [3.05, 3.63) is 16.1 Å². The van der Waals surface area contributed by atoms with Gasteiger partial charge in [0.1, 0.15) is 0 Å². The number of rotatable bonds is 3. The van der Waals surface area contributed by atoms with Crippen LogP contribution in [0.4, 0.5) is 0 Å². The van der Waals surface area contributed by atoms with Crippen LogP contribution in [0.1, 0.15) is 29.8 Å². The minimum atomic E-state index is 0.438. The summed E-state index contributed by atoms with van der Waals surface area (Å²) in [5.41, 5.74) is 0. The van der Waals surface area contributed by atoms with Crippen LogP contribution in [0.2, 0.25) is 0 Å². The minimum Gasteiger partial charge on any atom is -0.312 e. The number of nitrogens with one attached hydrogen (secondary N) is 1. The Morgan fingerprint density at radius 1 is 1.73 bits per heavy atom. The lowest BCUT2D eigenvalue weighted by atomic mass is 10.3. The third kappa shape index (κ3) is 2.01.